The fraction of sp³-hybridized carbons (Fsp3) is 0.600. The van der Waals surface area contributed by atoms with Crippen molar-refractivity contribution >= 4 is 9.84 Å². The zero-order valence-electron chi connectivity index (χ0n) is 12.4. The highest BCUT2D eigenvalue weighted by Crippen LogP contribution is 2.50. The first-order valence-electron chi connectivity index (χ1n) is 7.29. The molecule has 0 amide bonds. The van der Waals surface area contributed by atoms with Gasteiger partial charge in [-0.2, -0.15) is 13.2 Å². The van der Waals surface area contributed by atoms with Crippen LogP contribution in [-0.2, 0) is 21.6 Å². The Hall–Kier alpha value is -1.28. The largest absolute Gasteiger partial charge is 0.496 e. The minimum absolute atomic E-state index is 0.00639. The number of hydrogen-bond acceptors (Lipinski definition) is 4. The van der Waals surface area contributed by atoms with E-state index in [2.05, 4.69) is 0 Å². The van der Waals surface area contributed by atoms with Crippen molar-refractivity contribution in [2.45, 2.75) is 48.0 Å². The highest BCUT2D eigenvalue weighted by Gasteiger charge is 2.54. The highest BCUT2D eigenvalue weighted by atomic mass is 32.2. The number of benzene rings is 1. The fourth-order valence-electron chi connectivity index (χ4n) is 3.72. The van der Waals surface area contributed by atoms with Gasteiger partial charge in [0.1, 0.15) is 5.75 Å². The fourth-order valence-corrected chi connectivity index (χ4v) is 6.21. The zero-order chi connectivity index (χ0) is 17.0. The van der Waals surface area contributed by atoms with Crippen LogP contribution >= 0.6 is 0 Å². The number of aliphatic hydroxyl groups is 1. The number of ether oxygens (including phenoxy) is 1. The van der Waals surface area contributed by atoms with Crippen molar-refractivity contribution in [3.05, 3.63) is 29.3 Å². The smallest absolute Gasteiger partial charge is 0.416 e. The van der Waals surface area contributed by atoms with Gasteiger partial charge in [-0.25, -0.2) is 8.42 Å². The van der Waals surface area contributed by atoms with Crippen molar-refractivity contribution in [1.29, 1.82) is 0 Å². The van der Waals surface area contributed by atoms with Crippen molar-refractivity contribution in [3.63, 3.8) is 0 Å². The second-order valence-corrected chi connectivity index (χ2v) is 8.77. The molecule has 2 atom stereocenters. The predicted octanol–water partition coefficient (Wildman–Crippen LogP) is 2.64. The van der Waals surface area contributed by atoms with Crippen molar-refractivity contribution in [2.24, 2.45) is 0 Å². The monoisotopic (exact) mass is 350 g/mol. The van der Waals surface area contributed by atoms with Crippen LogP contribution in [0.25, 0.3) is 0 Å². The molecule has 0 saturated carbocycles. The predicted molar refractivity (Wildman–Crippen MR) is 76.9 cm³/mol. The number of hydrogen-bond donors (Lipinski definition) is 1. The van der Waals surface area contributed by atoms with E-state index in [1.807, 2.05) is 0 Å². The summed E-state index contributed by atoms with van der Waals surface area (Å²) in [7, 11) is -2.01. The molecule has 0 aliphatic carbocycles. The first kappa shape index (κ1) is 16.6. The quantitative estimate of drug-likeness (QED) is 0.891. The molecule has 3 rings (SSSR count). The Balaban J connectivity index is 2.02. The standard InChI is InChI=1S/C15H17F3O4S/c1-22-13-6-9(15(16,17)18)2-5-12(13)14(19)7-10-3-4-11(8-14)23(10,20)21/h2,5-6,10-11,19H,3-4,7-8H2,1H3. The third-order valence-corrected chi connectivity index (χ3v) is 7.56. The molecule has 1 aromatic rings. The summed E-state index contributed by atoms with van der Waals surface area (Å²) in [5.74, 6) is -0.0685. The number of rotatable bonds is 2. The zero-order valence-corrected chi connectivity index (χ0v) is 13.2. The maximum atomic E-state index is 12.8. The Bertz CT molecular complexity index is 707. The molecule has 2 aliphatic heterocycles. The second-order valence-electron chi connectivity index (χ2n) is 6.26. The first-order chi connectivity index (χ1) is 10.6. The van der Waals surface area contributed by atoms with Crippen LogP contribution in [0, 0.1) is 0 Å². The van der Waals surface area contributed by atoms with E-state index in [0.29, 0.717) is 12.8 Å². The molecule has 0 aromatic heterocycles. The minimum atomic E-state index is -4.51. The van der Waals surface area contributed by atoms with Crippen LogP contribution in [0.2, 0.25) is 0 Å². The van der Waals surface area contributed by atoms with Crippen LogP contribution in [0.3, 0.4) is 0 Å². The van der Waals surface area contributed by atoms with Gasteiger partial charge in [0.15, 0.2) is 9.84 Å². The van der Waals surface area contributed by atoms with E-state index in [1.54, 1.807) is 0 Å². The van der Waals surface area contributed by atoms with Crippen LogP contribution in [0.5, 0.6) is 5.75 Å². The van der Waals surface area contributed by atoms with Gasteiger partial charge < -0.3 is 9.84 Å². The number of fused-ring (bicyclic) bond motifs is 2. The average Bonchev–Trinajstić information content (AvgIpc) is 2.65. The Morgan fingerprint density at radius 2 is 1.78 bits per heavy atom. The van der Waals surface area contributed by atoms with E-state index < -0.39 is 37.7 Å². The molecule has 8 heteroatoms. The molecule has 23 heavy (non-hydrogen) atoms. The summed E-state index contributed by atoms with van der Waals surface area (Å²) in [5, 5.41) is 9.65. The molecule has 128 valence electrons. The van der Waals surface area contributed by atoms with Gasteiger partial charge in [0.25, 0.3) is 0 Å². The summed E-state index contributed by atoms with van der Waals surface area (Å²) in [5.41, 5.74) is -2.12. The second kappa shape index (κ2) is 5.11. The van der Waals surface area contributed by atoms with Crippen LogP contribution < -0.4 is 4.74 Å². The molecule has 2 unspecified atom stereocenters. The number of halogens is 3. The molecular weight excluding hydrogens is 333 g/mol. The lowest BCUT2D eigenvalue weighted by atomic mass is 9.84. The van der Waals surface area contributed by atoms with Gasteiger partial charge in [0, 0.05) is 5.56 Å². The summed E-state index contributed by atoms with van der Waals surface area (Å²) in [4.78, 5) is 0. The Morgan fingerprint density at radius 3 is 2.26 bits per heavy atom. The van der Waals surface area contributed by atoms with Gasteiger partial charge in [-0.3, -0.25) is 0 Å². The molecule has 4 nitrogen and oxygen atoms in total. The van der Waals surface area contributed by atoms with Gasteiger partial charge in [-0.05, 0) is 37.8 Å². The number of sulfone groups is 1. The lowest BCUT2D eigenvalue weighted by molar-refractivity contribution is -0.137. The van der Waals surface area contributed by atoms with Gasteiger partial charge in [0.05, 0.1) is 28.8 Å². The van der Waals surface area contributed by atoms with Gasteiger partial charge >= 0.3 is 6.18 Å². The molecular formula is C15H17F3O4S. The molecule has 1 N–H and O–H groups in total. The maximum absolute atomic E-state index is 12.8. The summed E-state index contributed by atoms with van der Waals surface area (Å²) in [6.45, 7) is 0. The average molecular weight is 350 g/mol. The van der Waals surface area contributed by atoms with Crippen molar-refractivity contribution in [3.8, 4) is 5.75 Å². The molecule has 2 heterocycles. The summed E-state index contributed by atoms with van der Waals surface area (Å²) in [6.07, 6.45) is -3.55. The molecule has 0 radical (unpaired) electrons. The van der Waals surface area contributed by atoms with Crippen molar-refractivity contribution < 1.29 is 31.4 Å². The van der Waals surface area contributed by atoms with E-state index in [0.717, 1.165) is 12.1 Å². The van der Waals surface area contributed by atoms with E-state index >= 15 is 0 Å². The van der Waals surface area contributed by atoms with Gasteiger partial charge in [-0.1, -0.05) is 6.07 Å². The van der Waals surface area contributed by atoms with E-state index in [4.69, 9.17) is 4.74 Å². The van der Waals surface area contributed by atoms with Gasteiger partial charge in [0.2, 0.25) is 0 Å². The van der Waals surface area contributed by atoms with Gasteiger partial charge in [-0.15, -0.1) is 0 Å². The normalized spacial score (nSPS) is 32.7. The Morgan fingerprint density at radius 1 is 1.22 bits per heavy atom. The molecule has 2 bridgehead atoms. The van der Waals surface area contributed by atoms with Crippen molar-refractivity contribution in [2.75, 3.05) is 7.11 Å². The highest BCUT2D eigenvalue weighted by molar-refractivity contribution is 7.93. The van der Waals surface area contributed by atoms with Crippen LogP contribution in [0.4, 0.5) is 13.2 Å². The van der Waals surface area contributed by atoms with E-state index in [1.165, 1.54) is 13.2 Å². The Kier molecular flexibility index (Phi) is 3.68. The molecule has 0 spiro atoms. The van der Waals surface area contributed by atoms with Crippen LogP contribution in [0.1, 0.15) is 36.8 Å². The number of alkyl halides is 3. The minimum Gasteiger partial charge on any atom is -0.496 e. The van der Waals surface area contributed by atoms with Crippen LogP contribution in [-0.4, -0.2) is 31.1 Å². The van der Waals surface area contributed by atoms with E-state index in [-0.39, 0.29) is 24.2 Å². The van der Waals surface area contributed by atoms with Crippen molar-refractivity contribution in [1.82, 2.24) is 0 Å². The molecule has 2 fully saturated rings. The number of methoxy groups -OCH3 is 1. The molecule has 2 saturated heterocycles. The summed E-state index contributed by atoms with van der Waals surface area (Å²) >= 11 is 0. The topological polar surface area (TPSA) is 63.6 Å². The van der Waals surface area contributed by atoms with E-state index in [9.17, 15) is 26.7 Å². The lowest BCUT2D eigenvalue weighted by Gasteiger charge is -2.37. The summed E-state index contributed by atoms with van der Waals surface area (Å²) < 4.78 is 67.8. The Labute approximate surface area is 132 Å². The third-order valence-electron chi connectivity index (χ3n) is 4.90. The first-order valence-corrected chi connectivity index (χ1v) is 8.90. The van der Waals surface area contributed by atoms with Crippen LogP contribution in [0.15, 0.2) is 18.2 Å². The SMILES string of the molecule is COc1cc(C(F)(F)F)ccc1C1(O)CC2CCC(C1)S2(=O)=O. The third kappa shape index (κ3) is 2.61. The molecule has 2 aliphatic rings. The summed E-state index contributed by atoms with van der Waals surface area (Å²) in [6, 6.07) is 2.93. The molecule has 1 aromatic carbocycles. The lowest BCUT2D eigenvalue weighted by Crippen LogP contribution is -2.43. The maximum Gasteiger partial charge on any atom is 0.416 e.